The number of aromatic nitrogens is 2. The van der Waals surface area contributed by atoms with E-state index in [1.807, 2.05) is 25.1 Å². The van der Waals surface area contributed by atoms with E-state index in [0.717, 1.165) is 47.1 Å². The second kappa shape index (κ2) is 12.5. The summed E-state index contributed by atoms with van der Waals surface area (Å²) in [6, 6.07) is 12.9. The van der Waals surface area contributed by atoms with E-state index in [1.54, 1.807) is 26.6 Å². The van der Waals surface area contributed by atoms with Crippen LogP contribution in [0.3, 0.4) is 0 Å². The molecule has 2 aliphatic heterocycles. The molecule has 0 saturated carbocycles. The van der Waals surface area contributed by atoms with Gasteiger partial charge in [-0.3, -0.25) is 4.90 Å². The first-order valence-electron chi connectivity index (χ1n) is 13.7. The Hall–Kier alpha value is -3.56. The molecule has 2 fully saturated rings. The summed E-state index contributed by atoms with van der Waals surface area (Å²) < 4.78 is 17.0. The minimum atomic E-state index is 0.416. The highest BCUT2D eigenvalue weighted by atomic mass is 16.5. The van der Waals surface area contributed by atoms with Crippen LogP contribution in [-0.4, -0.2) is 86.3 Å². The second-order valence-electron chi connectivity index (χ2n) is 10.5. The Bertz CT molecular complexity index is 1220. The molecule has 1 N–H and O–H groups in total. The first kappa shape index (κ1) is 27.0. The SMILES string of the molecule is COc1cc(C)cc(COc2cnc(Nc3ccc(N4CCC(N5CCN(C)CC5)CC4)c(OC)c3)nc2)c1. The van der Waals surface area contributed by atoms with Crippen LogP contribution in [0.15, 0.2) is 48.8 Å². The fourth-order valence-corrected chi connectivity index (χ4v) is 5.45. The summed E-state index contributed by atoms with van der Waals surface area (Å²) in [5.74, 6) is 2.78. The monoisotopic (exact) mass is 532 g/mol. The summed E-state index contributed by atoms with van der Waals surface area (Å²) in [6.45, 7) is 9.24. The third kappa shape index (κ3) is 6.91. The lowest BCUT2D eigenvalue weighted by Crippen LogP contribution is -2.52. The molecule has 0 atom stereocenters. The molecule has 0 aliphatic carbocycles. The first-order chi connectivity index (χ1) is 19.0. The van der Waals surface area contributed by atoms with Gasteiger partial charge in [0, 0.05) is 57.1 Å². The molecule has 1 aromatic heterocycles. The summed E-state index contributed by atoms with van der Waals surface area (Å²) in [5, 5.41) is 3.28. The number of methoxy groups -OCH3 is 2. The van der Waals surface area contributed by atoms with Crippen molar-refractivity contribution in [1.29, 1.82) is 0 Å². The highest BCUT2D eigenvalue weighted by Crippen LogP contribution is 2.34. The Labute approximate surface area is 231 Å². The van der Waals surface area contributed by atoms with E-state index in [9.17, 15) is 0 Å². The molecule has 0 bridgehead atoms. The number of piperazine rings is 1. The zero-order chi connectivity index (χ0) is 27.2. The summed E-state index contributed by atoms with van der Waals surface area (Å²) in [5.41, 5.74) is 4.17. The Morgan fingerprint density at radius 3 is 2.31 bits per heavy atom. The van der Waals surface area contributed by atoms with Crippen LogP contribution in [0.1, 0.15) is 24.0 Å². The molecule has 0 spiro atoms. The summed E-state index contributed by atoms with van der Waals surface area (Å²) in [6.07, 6.45) is 5.73. The van der Waals surface area contributed by atoms with Crippen molar-refractivity contribution in [2.75, 3.05) is 70.8 Å². The molecule has 2 saturated heterocycles. The lowest BCUT2D eigenvalue weighted by molar-refractivity contribution is 0.0981. The number of hydrogen-bond acceptors (Lipinski definition) is 9. The van der Waals surface area contributed by atoms with Crippen LogP contribution in [0.2, 0.25) is 0 Å². The molecule has 2 aliphatic rings. The lowest BCUT2D eigenvalue weighted by atomic mass is 10.0. The average molecular weight is 533 g/mol. The van der Waals surface area contributed by atoms with Gasteiger partial charge < -0.3 is 29.3 Å². The van der Waals surface area contributed by atoms with E-state index >= 15 is 0 Å². The predicted molar refractivity (Wildman–Crippen MR) is 155 cm³/mol. The van der Waals surface area contributed by atoms with Crippen LogP contribution in [0.4, 0.5) is 17.3 Å². The number of aryl methyl sites for hydroxylation is 1. The maximum Gasteiger partial charge on any atom is 0.227 e. The van der Waals surface area contributed by atoms with Gasteiger partial charge in [-0.1, -0.05) is 6.07 Å². The normalized spacial score (nSPS) is 17.2. The van der Waals surface area contributed by atoms with Crippen molar-refractivity contribution < 1.29 is 14.2 Å². The van der Waals surface area contributed by atoms with Crippen LogP contribution in [0.25, 0.3) is 0 Å². The molecule has 39 heavy (non-hydrogen) atoms. The third-order valence-corrected chi connectivity index (χ3v) is 7.68. The van der Waals surface area contributed by atoms with Crippen LogP contribution < -0.4 is 24.4 Å². The Morgan fingerprint density at radius 2 is 1.62 bits per heavy atom. The highest BCUT2D eigenvalue weighted by Gasteiger charge is 2.27. The van der Waals surface area contributed by atoms with E-state index in [4.69, 9.17) is 14.2 Å². The molecular weight excluding hydrogens is 492 g/mol. The Kier molecular flexibility index (Phi) is 8.68. The van der Waals surface area contributed by atoms with Gasteiger partial charge in [-0.05, 0) is 62.2 Å². The van der Waals surface area contributed by atoms with Crippen LogP contribution >= 0.6 is 0 Å². The topological polar surface area (TPSA) is 75.2 Å². The van der Waals surface area contributed by atoms with Crippen LogP contribution in [0.5, 0.6) is 17.2 Å². The molecular formula is C30H40N6O3. The molecule has 5 rings (SSSR count). The number of piperidine rings is 1. The number of rotatable bonds is 9. The number of hydrogen-bond donors (Lipinski definition) is 1. The summed E-state index contributed by atoms with van der Waals surface area (Å²) in [7, 11) is 5.61. The number of likely N-dealkylation sites (N-methyl/N-ethyl adjacent to an activating group) is 1. The van der Waals surface area contributed by atoms with E-state index in [2.05, 4.69) is 55.2 Å². The van der Waals surface area contributed by atoms with Crippen molar-refractivity contribution in [3.05, 3.63) is 59.9 Å². The van der Waals surface area contributed by atoms with Crippen molar-refractivity contribution in [3.8, 4) is 17.2 Å². The average Bonchev–Trinajstić information content (AvgIpc) is 2.97. The fraction of sp³-hybridized carbons (Fsp3) is 0.467. The summed E-state index contributed by atoms with van der Waals surface area (Å²) in [4.78, 5) is 16.4. The van der Waals surface area contributed by atoms with Gasteiger partial charge in [0.25, 0.3) is 0 Å². The van der Waals surface area contributed by atoms with Gasteiger partial charge in [0.1, 0.15) is 18.1 Å². The predicted octanol–water partition coefficient (Wildman–Crippen LogP) is 4.34. The first-order valence-corrected chi connectivity index (χ1v) is 13.7. The van der Waals surface area contributed by atoms with Gasteiger partial charge >= 0.3 is 0 Å². The zero-order valence-corrected chi connectivity index (χ0v) is 23.5. The Morgan fingerprint density at radius 1 is 0.872 bits per heavy atom. The molecule has 0 unspecified atom stereocenters. The van der Waals surface area contributed by atoms with Crippen molar-refractivity contribution >= 4 is 17.3 Å². The van der Waals surface area contributed by atoms with Gasteiger partial charge in [0.2, 0.25) is 5.95 Å². The number of nitrogens with one attached hydrogen (secondary N) is 1. The van der Waals surface area contributed by atoms with Crippen molar-refractivity contribution in [2.24, 2.45) is 0 Å². The molecule has 2 aromatic carbocycles. The number of benzene rings is 2. The van der Waals surface area contributed by atoms with E-state index in [1.165, 1.54) is 39.0 Å². The second-order valence-corrected chi connectivity index (χ2v) is 10.5. The van der Waals surface area contributed by atoms with Crippen molar-refractivity contribution in [1.82, 2.24) is 19.8 Å². The highest BCUT2D eigenvalue weighted by molar-refractivity contribution is 5.67. The molecule has 9 nitrogen and oxygen atoms in total. The van der Waals surface area contributed by atoms with Gasteiger partial charge in [0.15, 0.2) is 5.75 Å². The molecule has 3 heterocycles. The third-order valence-electron chi connectivity index (χ3n) is 7.68. The lowest BCUT2D eigenvalue weighted by Gasteiger charge is -2.42. The fourth-order valence-electron chi connectivity index (χ4n) is 5.45. The van der Waals surface area contributed by atoms with Crippen LogP contribution in [0, 0.1) is 6.92 Å². The number of anilines is 3. The van der Waals surface area contributed by atoms with E-state index in [-0.39, 0.29) is 0 Å². The van der Waals surface area contributed by atoms with E-state index in [0.29, 0.717) is 24.3 Å². The largest absolute Gasteiger partial charge is 0.497 e. The molecule has 208 valence electrons. The summed E-state index contributed by atoms with van der Waals surface area (Å²) >= 11 is 0. The van der Waals surface area contributed by atoms with Gasteiger partial charge in [-0.2, -0.15) is 0 Å². The van der Waals surface area contributed by atoms with Gasteiger partial charge in [-0.25, -0.2) is 9.97 Å². The maximum atomic E-state index is 5.88. The minimum absolute atomic E-state index is 0.416. The quantitative estimate of drug-likeness (QED) is 0.433. The molecule has 0 radical (unpaired) electrons. The standard InChI is InChI=1S/C30H40N6O3/c1-22-15-23(17-26(16-22)37-3)21-39-27-19-31-30(32-20-27)33-24-5-6-28(29(18-24)38-4)36-9-7-25(8-10-36)35-13-11-34(2)12-14-35/h5-6,15-20,25H,7-14,21H2,1-4H3,(H,31,32,33). The van der Waals surface area contributed by atoms with Gasteiger partial charge in [0.05, 0.1) is 32.3 Å². The molecule has 9 heteroatoms. The van der Waals surface area contributed by atoms with Crippen molar-refractivity contribution in [3.63, 3.8) is 0 Å². The Balaban J connectivity index is 1.15. The number of ether oxygens (including phenoxy) is 3. The smallest absolute Gasteiger partial charge is 0.227 e. The molecule has 0 amide bonds. The molecule has 3 aromatic rings. The number of nitrogens with zero attached hydrogens (tertiary/aromatic N) is 5. The van der Waals surface area contributed by atoms with Crippen LogP contribution in [-0.2, 0) is 6.61 Å². The van der Waals surface area contributed by atoms with Crippen molar-refractivity contribution in [2.45, 2.75) is 32.4 Å². The van der Waals surface area contributed by atoms with Gasteiger partial charge in [-0.15, -0.1) is 0 Å². The minimum Gasteiger partial charge on any atom is -0.497 e. The van der Waals surface area contributed by atoms with E-state index < -0.39 is 0 Å². The zero-order valence-electron chi connectivity index (χ0n) is 23.5. The maximum absolute atomic E-state index is 5.88.